The average Bonchev–Trinajstić information content (AvgIpc) is 3.49. The van der Waals surface area contributed by atoms with Crippen LogP contribution in [0.3, 0.4) is 0 Å². The molecule has 2 aromatic rings. The van der Waals surface area contributed by atoms with Crippen LogP contribution in [0, 0.1) is 0 Å². The van der Waals surface area contributed by atoms with Crippen LogP contribution < -0.4 is 14.4 Å². The molecule has 1 unspecified atom stereocenters. The number of fused-ring (bicyclic) bond motifs is 1. The number of likely N-dealkylation sites (tertiary alicyclic amines) is 1. The second kappa shape index (κ2) is 12.3. The fourth-order valence-corrected chi connectivity index (χ4v) is 6.13. The Morgan fingerprint density at radius 1 is 1.00 bits per heavy atom. The van der Waals surface area contributed by atoms with Crippen molar-refractivity contribution in [3.05, 3.63) is 53.1 Å². The predicted octanol–water partition coefficient (Wildman–Crippen LogP) is 4.79. The number of anilines is 1. The number of hydrogen-bond acceptors (Lipinski definition) is 9. The molecule has 1 saturated heterocycles. The minimum Gasteiger partial charge on any atom is -0.493 e. The fraction of sp³-hybridized carbons (Fsp3) is 0.448. The van der Waals surface area contributed by atoms with Crippen molar-refractivity contribution in [2.75, 3.05) is 51.9 Å². The van der Waals surface area contributed by atoms with Crippen LogP contribution >= 0.6 is 11.8 Å². The van der Waals surface area contributed by atoms with E-state index in [-0.39, 0.29) is 17.8 Å². The van der Waals surface area contributed by atoms with Crippen LogP contribution in [0.2, 0.25) is 0 Å². The number of benzene rings is 2. The van der Waals surface area contributed by atoms with Crippen molar-refractivity contribution in [1.82, 2.24) is 9.91 Å². The van der Waals surface area contributed by atoms with Gasteiger partial charge in [0.1, 0.15) is 6.61 Å². The normalized spacial score (nSPS) is 19.2. The molecule has 0 bridgehead atoms. The van der Waals surface area contributed by atoms with Crippen LogP contribution in [-0.4, -0.2) is 85.1 Å². The highest BCUT2D eigenvalue weighted by Gasteiger charge is 2.34. The number of hydrogen-bond donors (Lipinski definition) is 0. The third-order valence-corrected chi connectivity index (χ3v) is 8.37. The summed E-state index contributed by atoms with van der Waals surface area (Å²) >= 11 is 1.04. The summed E-state index contributed by atoms with van der Waals surface area (Å²) in [7, 11) is 3.10. The fourth-order valence-electron chi connectivity index (χ4n) is 5.32. The van der Waals surface area contributed by atoms with Crippen LogP contribution in [-0.2, 0) is 11.2 Å². The molecule has 10 nitrogen and oxygen atoms in total. The zero-order valence-corrected chi connectivity index (χ0v) is 23.9. The van der Waals surface area contributed by atoms with Gasteiger partial charge in [0.05, 0.1) is 25.2 Å². The van der Waals surface area contributed by atoms with Gasteiger partial charge < -0.3 is 19.1 Å². The standard InChI is InChI=1S/C29H34N4O6S/c1-19-26(30-33(29(36)40-19)28(35)39-16-15-31-12-4-5-13-31)21-8-10-23-20(17-21)7-6-14-32(23)27(34)22-9-11-24(37-2)25(18-22)38-3/h8-11,17-19H,4-7,12-16H2,1-3H3. The number of carbonyl (C=O) groups is 3. The van der Waals surface area contributed by atoms with Crippen molar-refractivity contribution in [3.8, 4) is 11.5 Å². The molecule has 3 aliphatic rings. The van der Waals surface area contributed by atoms with Crippen molar-refractivity contribution >= 4 is 40.4 Å². The number of thioether (sulfide) groups is 1. The molecule has 0 radical (unpaired) electrons. The highest BCUT2D eigenvalue weighted by Crippen LogP contribution is 2.34. The number of imide groups is 1. The van der Waals surface area contributed by atoms with Gasteiger partial charge >= 0.3 is 11.3 Å². The molecule has 11 heteroatoms. The molecule has 3 aliphatic heterocycles. The lowest BCUT2D eigenvalue weighted by Gasteiger charge is -2.31. The molecule has 212 valence electrons. The zero-order chi connectivity index (χ0) is 28.2. The Morgan fingerprint density at radius 3 is 2.52 bits per heavy atom. The number of aryl methyl sites for hydroxylation is 1. The second-order valence-corrected chi connectivity index (χ2v) is 11.3. The smallest absolute Gasteiger partial charge is 0.438 e. The third-order valence-electron chi connectivity index (χ3n) is 7.42. The van der Waals surface area contributed by atoms with Crippen molar-refractivity contribution < 1.29 is 28.6 Å². The van der Waals surface area contributed by atoms with Crippen LogP contribution in [0.25, 0.3) is 0 Å². The number of methoxy groups -OCH3 is 2. The van der Waals surface area contributed by atoms with Gasteiger partial charge in [-0.15, -0.1) is 5.01 Å². The Balaban J connectivity index is 1.34. The lowest BCUT2D eigenvalue weighted by atomic mass is 9.96. The Hall–Kier alpha value is -3.57. The summed E-state index contributed by atoms with van der Waals surface area (Å²) < 4.78 is 16.1. The molecule has 0 N–H and O–H groups in total. The predicted molar refractivity (Wildman–Crippen MR) is 154 cm³/mol. The van der Waals surface area contributed by atoms with Gasteiger partial charge in [-0.1, -0.05) is 17.8 Å². The van der Waals surface area contributed by atoms with Gasteiger partial charge in [-0.05, 0) is 87.2 Å². The summed E-state index contributed by atoms with van der Waals surface area (Å²) in [5.41, 5.74) is 3.78. The van der Waals surface area contributed by atoms with Gasteiger partial charge in [-0.25, -0.2) is 4.79 Å². The summed E-state index contributed by atoms with van der Waals surface area (Å²) in [6.07, 6.45) is 3.16. The lowest BCUT2D eigenvalue weighted by molar-refractivity contribution is 0.0983. The van der Waals surface area contributed by atoms with Crippen molar-refractivity contribution in [3.63, 3.8) is 0 Å². The molecule has 40 heavy (non-hydrogen) atoms. The Kier molecular flexibility index (Phi) is 8.60. The molecular formula is C29H34N4O6S. The highest BCUT2D eigenvalue weighted by molar-refractivity contribution is 8.14. The van der Waals surface area contributed by atoms with Gasteiger partial charge in [0.25, 0.3) is 5.91 Å². The van der Waals surface area contributed by atoms with Gasteiger partial charge in [0, 0.05) is 24.3 Å². The molecule has 0 aromatic heterocycles. The number of amides is 3. The monoisotopic (exact) mass is 566 g/mol. The van der Waals surface area contributed by atoms with Gasteiger partial charge in [0.2, 0.25) is 0 Å². The van der Waals surface area contributed by atoms with Crippen LogP contribution in [0.1, 0.15) is 47.7 Å². The van der Waals surface area contributed by atoms with Gasteiger partial charge in [-0.3, -0.25) is 14.5 Å². The van der Waals surface area contributed by atoms with Crippen LogP contribution in [0.15, 0.2) is 41.5 Å². The maximum Gasteiger partial charge on any atom is 0.438 e. The quantitative estimate of drug-likeness (QED) is 0.472. The molecular weight excluding hydrogens is 532 g/mol. The second-order valence-electron chi connectivity index (χ2n) is 9.96. The molecule has 2 aromatic carbocycles. The van der Waals surface area contributed by atoms with Crippen molar-refractivity contribution in [1.29, 1.82) is 0 Å². The zero-order valence-electron chi connectivity index (χ0n) is 23.1. The van der Waals surface area contributed by atoms with Gasteiger partial charge in [0.15, 0.2) is 11.5 Å². The number of nitrogens with zero attached hydrogens (tertiary/aromatic N) is 4. The van der Waals surface area contributed by atoms with E-state index in [9.17, 15) is 14.4 Å². The van der Waals surface area contributed by atoms with E-state index < -0.39 is 11.3 Å². The summed E-state index contributed by atoms with van der Waals surface area (Å²) in [4.78, 5) is 42.9. The number of rotatable bonds is 7. The summed E-state index contributed by atoms with van der Waals surface area (Å²) in [6.45, 7) is 5.37. The van der Waals surface area contributed by atoms with Crippen molar-refractivity contribution in [2.45, 2.75) is 37.9 Å². The molecule has 0 spiro atoms. The number of carbonyl (C=O) groups excluding carboxylic acids is 3. The Morgan fingerprint density at radius 2 is 1.77 bits per heavy atom. The minimum atomic E-state index is -0.759. The molecule has 0 saturated carbocycles. The molecule has 3 amide bonds. The summed E-state index contributed by atoms with van der Waals surface area (Å²) in [6, 6.07) is 11.0. The van der Waals surface area contributed by atoms with E-state index in [0.717, 1.165) is 72.4 Å². The highest BCUT2D eigenvalue weighted by atomic mass is 32.2. The SMILES string of the molecule is COc1ccc(C(=O)N2CCCc3cc(C4=NN(C(=O)OCCN5CCCC5)C(=O)SC4C)ccc32)cc1OC. The minimum absolute atomic E-state index is 0.123. The first-order valence-corrected chi connectivity index (χ1v) is 14.4. The van der Waals surface area contributed by atoms with E-state index in [2.05, 4.69) is 10.0 Å². The van der Waals surface area contributed by atoms with Crippen LogP contribution in [0.4, 0.5) is 15.3 Å². The number of ether oxygens (including phenoxy) is 3. The van der Waals surface area contributed by atoms with E-state index in [1.165, 1.54) is 0 Å². The number of hydrazone groups is 1. The molecule has 0 aliphatic carbocycles. The summed E-state index contributed by atoms with van der Waals surface area (Å²) in [5.74, 6) is 0.935. The first-order chi connectivity index (χ1) is 19.4. The van der Waals surface area contributed by atoms with E-state index in [1.54, 1.807) is 37.3 Å². The van der Waals surface area contributed by atoms with E-state index in [0.29, 0.717) is 35.9 Å². The summed E-state index contributed by atoms with van der Waals surface area (Å²) in [5, 5.41) is 4.57. The van der Waals surface area contributed by atoms with Crippen molar-refractivity contribution in [2.24, 2.45) is 5.10 Å². The first-order valence-electron chi connectivity index (χ1n) is 13.5. The third kappa shape index (κ3) is 5.80. The average molecular weight is 567 g/mol. The molecule has 5 rings (SSSR count). The van der Waals surface area contributed by atoms with E-state index in [4.69, 9.17) is 14.2 Å². The van der Waals surface area contributed by atoms with Gasteiger partial charge in [-0.2, -0.15) is 5.10 Å². The van der Waals surface area contributed by atoms with E-state index >= 15 is 0 Å². The Labute approximate surface area is 238 Å². The maximum absolute atomic E-state index is 13.5. The molecule has 3 heterocycles. The van der Waals surface area contributed by atoms with E-state index in [1.807, 2.05) is 25.1 Å². The Bertz CT molecular complexity index is 1330. The first kappa shape index (κ1) is 28.0. The topological polar surface area (TPSA) is 101 Å². The lowest BCUT2D eigenvalue weighted by Crippen LogP contribution is -2.39. The molecule has 1 fully saturated rings. The maximum atomic E-state index is 13.5. The van der Waals surface area contributed by atoms with Crippen LogP contribution in [0.5, 0.6) is 11.5 Å². The largest absolute Gasteiger partial charge is 0.493 e. The molecule has 1 atom stereocenters.